The lowest BCUT2D eigenvalue weighted by molar-refractivity contribution is 0.412. The van der Waals surface area contributed by atoms with E-state index in [9.17, 15) is 0 Å². The van der Waals surface area contributed by atoms with Crippen molar-refractivity contribution in [2.45, 2.75) is 13.3 Å². The van der Waals surface area contributed by atoms with Crippen LogP contribution in [0.5, 0.6) is 0 Å². The smallest absolute Gasteiger partial charge is 0.213 e. The molecule has 0 radical (unpaired) electrons. The number of aryl methyl sites for hydroxylation is 1. The van der Waals surface area contributed by atoms with Gasteiger partial charge in [-0.2, -0.15) is 4.98 Å². The highest BCUT2D eigenvalue weighted by Crippen LogP contribution is 2.19. The predicted octanol–water partition coefficient (Wildman–Crippen LogP) is 2.43. The van der Waals surface area contributed by atoms with E-state index in [1.807, 2.05) is 18.2 Å². The Morgan fingerprint density at radius 3 is 2.59 bits per heavy atom. The summed E-state index contributed by atoms with van der Waals surface area (Å²) in [5.41, 5.74) is 0. The number of halogens is 1. The van der Waals surface area contributed by atoms with Gasteiger partial charge in [-0.05, 0) is 41.4 Å². The maximum Gasteiger partial charge on any atom is 0.213 e. The molecule has 0 amide bonds. The molecule has 17 heavy (non-hydrogen) atoms. The van der Waals surface area contributed by atoms with E-state index in [0.29, 0.717) is 5.82 Å². The number of hydrogen-bond acceptors (Lipinski definition) is 5. The van der Waals surface area contributed by atoms with Gasteiger partial charge in [-0.1, -0.05) is 11.2 Å². The van der Waals surface area contributed by atoms with Gasteiger partial charge in [0.05, 0.1) is 0 Å². The van der Waals surface area contributed by atoms with Crippen LogP contribution in [0.3, 0.4) is 0 Å². The minimum atomic E-state index is 0.676. The van der Waals surface area contributed by atoms with Crippen LogP contribution in [0.1, 0.15) is 12.2 Å². The van der Waals surface area contributed by atoms with Crippen molar-refractivity contribution < 1.29 is 4.52 Å². The van der Waals surface area contributed by atoms with E-state index in [2.05, 4.69) is 40.5 Å². The molecule has 0 saturated carbocycles. The van der Waals surface area contributed by atoms with Gasteiger partial charge in [0.15, 0.2) is 5.82 Å². The Balaban J connectivity index is 0.000000153. The van der Waals surface area contributed by atoms with Crippen molar-refractivity contribution >= 4 is 21.7 Å². The summed E-state index contributed by atoms with van der Waals surface area (Å²) in [5.74, 6) is 1.76. The molecule has 0 spiro atoms. The van der Waals surface area contributed by atoms with Crippen LogP contribution in [-0.2, 0) is 0 Å². The number of anilines is 1. The molecule has 0 unspecified atom stereocenters. The maximum atomic E-state index is 4.35. The van der Waals surface area contributed by atoms with Gasteiger partial charge in [0, 0.05) is 13.1 Å². The second kappa shape index (κ2) is 5.77. The molecule has 0 aromatic carbocycles. The number of pyridine rings is 1. The van der Waals surface area contributed by atoms with E-state index >= 15 is 0 Å². The van der Waals surface area contributed by atoms with Crippen molar-refractivity contribution in [1.82, 2.24) is 15.1 Å². The van der Waals surface area contributed by atoms with Gasteiger partial charge in [0.2, 0.25) is 6.39 Å². The zero-order valence-electron chi connectivity index (χ0n) is 9.51. The Labute approximate surface area is 108 Å². The van der Waals surface area contributed by atoms with Crippen LogP contribution < -0.4 is 4.90 Å². The first-order chi connectivity index (χ1) is 8.25. The fraction of sp³-hybridized carbons (Fsp3) is 0.364. The molecule has 0 atom stereocenters. The van der Waals surface area contributed by atoms with Crippen molar-refractivity contribution in [1.29, 1.82) is 0 Å². The Bertz CT molecular complexity index is 456. The van der Waals surface area contributed by atoms with Crippen LogP contribution in [0.4, 0.5) is 5.82 Å². The monoisotopic (exact) mass is 296 g/mol. The van der Waals surface area contributed by atoms with Crippen molar-refractivity contribution in [2.75, 3.05) is 18.0 Å². The van der Waals surface area contributed by atoms with Crippen molar-refractivity contribution in [3.8, 4) is 0 Å². The van der Waals surface area contributed by atoms with Crippen LogP contribution in [-0.4, -0.2) is 28.2 Å². The van der Waals surface area contributed by atoms with Crippen LogP contribution in [0, 0.1) is 6.92 Å². The first kappa shape index (κ1) is 12.0. The lowest BCUT2D eigenvalue weighted by Crippen LogP contribution is -2.37. The minimum absolute atomic E-state index is 0.676. The third-order valence-corrected chi connectivity index (χ3v) is 2.79. The SMILES string of the molecule is Brc1cccc(N2CCC2)n1.Cc1ncon1. The van der Waals surface area contributed by atoms with Gasteiger partial charge in [-0.3, -0.25) is 0 Å². The van der Waals surface area contributed by atoms with Crippen molar-refractivity contribution in [3.63, 3.8) is 0 Å². The summed E-state index contributed by atoms with van der Waals surface area (Å²) in [6.07, 6.45) is 2.60. The molecule has 2 aromatic rings. The highest BCUT2D eigenvalue weighted by molar-refractivity contribution is 9.10. The number of hydrogen-bond donors (Lipinski definition) is 0. The highest BCUT2D eigenvalue weighted by Gasteiger charge is 2.14. The molecule has 6 heteroatoms. The standard InChI is InChI=1S/C8H9BrN2.C3H4N2O/c9-7-3-1-4-8(10-7)11-5-2-6-11;1-3-4-2-6-5-3/h1,3-4H,2,5-6H2;2H,1H3. The summed E-state index contributed by atoms with van der Waals surface area (Å²) in [5, 5.41) is 3.43. The predicted molar refractivity (Wildman–Crippen MR) is 67.8 cm³/mol. The van der Waals surface area contributed by atoms with Crippen molar-refractivity contribution in [3.05, 3.63) is 35.0 Å². The normalized spacial score (nSPS) is 13.6. The second-order valence-electron chi connectivity index (χ2n) is 3.64. The molecule has 1 aliphatic heterocycles. The van der Waals surface area contributed by atoms with E-state index < -0.39 is 0 Å². The van der Waals surface area contributed by atoms with E-state index in [4.69, 9.17) is 0 Å². The molecule has 1 fully saturated rings. The first-order valence-electron chi connectivity index (χ1n) is 5.36. The molecule has 2 aromatic heterocycles. The number of rotatable bonds is 1. The van der Waals surface area contributed by atoms with E-state index in [0.717, 1.165) is 23.5 Å². The largest absolute Gasteiger partial charge is 0.356 e. The Hall–Kier alpha value is -1.43. The van der Waals surface area contributed by atoms with E-state index in [1.54, 1.807) is 6.92 Å². The maximum absolute atomic E-state index is 4.35. The molecule has 3 heterocycles. The van der Waals surface area contributed by atoms with Gasteiger partial charge >= 0.3 is 0 Å². The van der Waals surface area contributed by atoms with Crippen LogP contribution >= 0.6 is 15.9 Å². The summed E-state index contributed by atoms with van der Waals surface area (Å²) < 4.78 is 5.27. The molecule has 3 rings (SSSR count). The lowest BCUT2D eigenvalue weighted by Gasteiger charge is -2.31. The molecular weight excluding hydrogens is 284 g/mol. The highest BCUT2D eigenvalue weighted by atomic mass is 79.9. The first-order valence-corrected chi connectivity index (χ1v) is 6.15. The van der Waals surface area contributed by atoms with E-state index in [1.165, 1.54) is 12.8 Å². The van der Waals surface area contributed by atoms with Gasteiger partial charge in [0.25, 0.3) is 0 Å². The average Bonchev–Trinajstić information content (AvgIpc) is 2.67. The fourth-order valence-corrected chi connectivity index (χ4v) is 1.68. The van der Waals surface area contributed by atoms with E-state index in [-0.39, 0.29) is 0 Å². The minimum Gasteiger partial charge on any atom is -0.356 e. The molecule has 0 bridgehead atoms. The lowest BCUT2D eigenvalue weighted by atomic mass is 10.2. The molecular formula is C11H13BrN4O. The third-order valence-electron chi connectivity index (χ3n) is 2.35. The molecule has 0 aliphatic carbocycles. The molecule has 1 saturated heterocycles. The Morgan fingerprint density at radius 2 is 2.18 bits per heavy atom. The van der Waals surface area contributed by atoms with Crippen LogP contribution in [0.15, 0.2) is 33.7 Å². The number of nitrogens with zero attached hydrogens (tertiary/aromatic N) is 4. The number of aromatic nitrogens is 3. The summed E-state index contributed by atoms with van der Waals surface area (Å²) in [4.78, 5) is 10.2. The molecule has 90 valence electrons. The molecule has 1 aliphatic rings. The zero-order chi connectivity index (χ0) is 12.1. The fourth-order valence-electron chi connectivity index (χ4n) is 1.34. The van der Waals surface area contributed by atoms with Gasteiger partial charge in [-0.25, -0.2) is 4.98 Å². The van der Waals surface area contributed by atoms with Gasteiger partial charge in [0.1, 0.15) is 10.4 Å². The summed E-state index contributed by atoms with van der Waals surface area (Å²) in [6.45, 7) is 4.08. The van der Waals surface area contributed by atoms with Gasteiger partial charge in [-0.15, -0.1) is 0 Å². The molecule has 0 N–H and O–H groups in total. The Kier molecular flexibility index (Phi) is 4.08. The van der Waals surface area contributed by atoms with Crippen LogP contribution in [0.25, 0.3) is 0 Å². The van der Waals surface area contributed by atoms with Crippen molar-refractivity contribution in [2.24, 2.45) is 0 Å². The second-order valence-corrected chi connectivity index (χ2v) is 4.45. The summed E-state index contributed by atoms with van der Waals surface area (Å²) >= 11 is 3.35. The summed E-state index contributed by atoms with van der Waals surface area (Å²) in [7, 11) is 0. The Morgan fingerprint density at radius 1 is 1.35 bits per heavy atom. The van der Waals surface area contributed by atoms with Gasteiger partial charge < -0.3 is 9.42 Å². The summed E-state index contributed by atoms with van der Waals surface area (Å²) in [6, 6.07) is 6.01. The molecule has 5 nitrogen and oxygen atoms in total. The third kappa shape index (κ3) is 3.52. The van der Waals surface area contributed by atoms with Crippen LogP contribution in [0.2, 0.25) is 0 Å². The quantitative estimate of drug-likeness (QED) is 0.757. The average molecular weight is 297 g/mol. The topological polar surface area (TPSA) is 55.1 Å². The zero-order valence-corrected chi connectivity index (χ0v) is 11.1.